The molecule has 0 amide bonds. The molecule has 0 saturated carbocycles. The Morgan fingerprint density at radius 2 is 2.10 bits per heavy atom. The summed E-state index contributed by atoms with van der Waals surface area (Å²) in [6, 6.07) is 8.33. The van der Waals surface area contributed by atoms with Crippen molar-refractivity contribution in [1.29, 1.82) is 0 Å². The summed E-state index contributed by atoms with van der Waals surface area (Å²) in [7, 11) is 0. The molecule has 0 spiro atoms. The molecule has 1 fully saturated rings. The van der Waals surface area contributed by atoms with E-state index in [4.69, 9.17) is 4.74 Å². The van der Waals surface area contributed by atoms with E-state index in [1.807, 2.05) is 0 Å². The summed E-state index contributed by atoms with van der Waals surface area (Å²) in [6.07, 6.45) is 2.18. The highest BCUT2D eigenvalue weighted by molar-refractivity contribution is 5.20. The van der Waals surface area contributed by atoms with Crippen molar-refractivity contribution in [3.63, 3.8) is 0 Å². The first-order valence-corrected chi connectivity index (χ1v) is 7.67. The second-order valence-corrected chi connectivity index (χ2v) is 6.16. The lowest BCUT2D eigenvalue weighted by Gasteiger charge is -2.32. The normalized spacial score (nSPS) is 21.9. The fourth-order valence-corrected chi connectivity index (χ4v) is 2.80. The number of piperidine rings is 1. The lowest BCUT2D eigenvalue weighted by molar-refractivity contribution is 0.00377. The number of hydrogen-bond donors (Lipinski definition) is 1. The lowest BCUT2D eigenvalue weighted by atomic mass is 10.0. The topological polar surface area (TPSA) is 32.7 Å². The fourth-order valence-electron chi connectivity index (χ4n) is 2.80. The second-order valence-electron chi connectivity index (χ2n) is 6.16. The van der Waals surface area contributed by atoms with Gasteiger partial charge in [0, 0.05) is 13.1 Å². The van der Waals surface area contributed by atoms with Crippen LogP contribution in [0.15, 0.2) is 24.3 Å². The quantitative estimate of drug-likeness (QED) is 0.867. The van der Waals surface area contributed by atoms with Gasteiger partial charge in [0.05, 0.1) is 19.3 Å². The monoisotopic (exact) mass is 277 g/mol. The van der Waals surface area contributed by atoms with Gasteiger partial charge in [-0.1, -0.05) is 36.8 Å². The zero-order valence-electron chi connectivity index (χ0n) is 12.7. The molecule has 2 unspecified atom stereocenters. The van der Waals surface area contributed by atoms with E-state index in [-0.39, 0.29) is 6.10 Å². The average Bonchev–Trinajstić information content (AvgIpc) is 2.41. The maximum absolute atomic E-state index is 10.0. The van der Waals surface area contributed by atoms with Gasteiger partial charge in [-0.2, -0.15) is 0 Å². The van der Waals surface area contributed by atoms with Gasteiger partial charge in [-0.25, -0.2) is 0 Å². The van der Waals surface area contributed by atoms with Gasteiger partial charge in [-0.3, -0.25) is 0 Å². The molecule has 0 bridgehead atoms. The number of aryl methyl sites for hydroxylation is 1. The third-order valence-electron chi connectivity index (χ3n) is 3.91. The molecule has 3 nitrogen and oxygen atoms in total. The number of hydrogen-bond acceptors (Lipinski definition) is 3. The summed E-state index contributed by atoms with van der Waals surface area (Å²) >= 11 is 0. The summed E-state index contributed by atoms with van der Waals surface area (Å²) < 4.78 is 5.61. The molecule has 1 N–H and O–H groups in total. The van der Waals surface area contributed by atoms with Crippen molar-refractivity contribution in [3.8, 4) is 0 Å². The minimum atomic E-state index is -0.384. The molecule has 2 rings (SSSR count). The molecule has 1 aliphatic rings. The number of aliphatic hydroxyl groups is 1. The predicted molar refractivity (Wildman–Crippen MR) is 81.7 cm³/mol. The minimum absolute atomic E-state index is 0.384. The molecule has 0 aliphatic carbocycles. The molecular formula is C17H27NO2. The number of ether oxygens (including phenoxy) is 1. The summed E-state index contributed by atoms with van der Waals surface area (Å²) in [4.78, 5) is 2.36. The van der Waals surface area contributed by atoms with E-state index in [1.54, 1.807) is 0 Å². The van der Waals surface area contributed by atoms with Gasteiger partial charge < -0.3 is 14.7 Å². The standard InChI is InChI=1S/C17H27NO2/c1-14-5-7-16(8-6-14)12-20-13-17(19)11-18-9-3-4-15(2)10-18/h5-8,15,17,19H,3-4,9-13H2,1-2H3. The van der Waals surface area contributed by atoms with E-state index < -0.39 is 0 Å². The van der Waals surface area contributed by atoms with E-state index in [2.05, 4.69) is 43.0 Å². The third kappa shape index (κ3) is 5.23. The third-order valence-corrected chi connectivity index (χ3v) is 3.91. The molecule has 1 aromatic carbocycles. The fraction of sp³-hybridized carbons (Fsp3) is 0.647. The van der Waals surface area contributed by atoms with Gasteiger partial charge in [-0.05, 0) is 37.8 Å². The van der Waals surface area contributed by atoms with Crippen molar-refractivity contribution in [2.45, 2.75) is 39.4 Å². The van der Waals surface area contributed by atoms with E-state index in [0.29, 0.717) is 13.2 Å². The minimum Gasteiger partial charge on any atom is -0.389 e. The van der Waals surface area contributed by atoms with Gasteiger partial charge in [0.1, 0.15) is 0 Å². The van der Waals surface area contributed by atoms with Crippen LogP contribution in [0.3, 0.4) is 0 Å². The van der Waals surface area contributed by atoms with Gasteiger partial charge in [0.15, 0.2) is 0 Å². The number of aliphatic hydroxyl groups excluding tert-OH is 1. The summed E-state index contributed by atoms with van der Waals surface area (Å²) in [5.41, 5.74) is 2.42. The Hall–Kier alpha value is -0.900. The van der Waals surface area contributed by atoms with E-state index in [0.717, 1.165) is 31.1 Å². The summed E-state index contributed by atoms with van der Waals surface area (Å²) in [5.74, 6) is 0.754. The molecule has 112 valence electrons. The maximum Gasteiger partial charge on any atom is 0.0900 e. The van der Waals surface area contributed by atoms with Crippen LogP contribution in [0.5, 0.6) is 0 Å². The molecule has 2 atom stereocenters. The highest BCUT2D eigenvalue weighted by Crippen LogP contribution is 2.15. The average molecular weight is 277 g/mol. The Morgan fingerprint density at radius 3 is 2.80 bits per heavy atom. The number of likely N-dealkylation sites (tertiary alicyclic amines) is 1. The van der Waals surface area contributed by atoms with Crippen LogP contribution in [-0.2, 0) is 11.3 Å². The molecular weight excluding hydrogens is 250 g/mol. The summed E-state index contributed by atoms with van der Waals surface area (Å²) in [6.45, 7) is 8.31. The molecule has 1 saturated heterocycles. The highest BCUT2D eigenvalue weighted by Gasteiger charge is 2.18. The van der Waals surface area contributed by atoms with E-state index in [9.17, 15) is 5.11 Å². The molecule has 20 heavy (non-hydrogen) atoms. The van der Waals surface area contributed by atoms with Crippen LogP contribution in [0.4, 0.5) is 0 Å². The molecule has 3 heteroatoms. The zero-order valence-corrected chi connectivity index (χ0v) is 12.7. The van der Waals surface area contributed by atoms with Gasteiger partial charge in [0.25, 0.3) is 0 Å². The Kier molecular flexibility index (Phi) is 6.02. The van der Waals surface area contributed by atoms with Crippen LogP contribution in [-0.4, -0.2) is 42.4 Å². The first-order valence-electron chi connectivity index (χ1n) is 7.67. The van der Waals surface area contributed by atoms with Crippen LogP contribution in [0.25, 0.3) is 0 Å². The molecule has 1 aromatic rings. The Balaban J connectivity index is 1.64. The van der Waals surface area contributed by atoms with Crippen molar-refractivity contribution in [2.75, 3.05) is 26.2 Å². The lowest BCUT2D eigenvalue weighted by Crippen LogP contribution is -2.40. The smallest absolute Gasteiger partial charge is 0.0900 e. The highest BCUT2D eigenvalue weighted by atomic mass is 16.5. The molecule has 0 radical (unpaired) electrons. The summed E-state index contributed by atoms with van der Waals surface area (Å²) in [5, 5.41) is 10.0. The van der Waals surface area contributed by atoms with Gasteiger partial charge in [-0.15, -0.1) is 0 Å². The van der Waals surface area contributed by atoms with Crippen molar-refractivity contribution in [3.05, 3.63) is 35.4 Å². The van der Waals surface area contributed by atoms with Crippen molar-refractivity contribution in [2.24, 2.45) is 5.92 Å². The van der Waals surface area contributed by atoms with Crippen molar-refractivity contribution in [1.82, 2.24) is 4.90 Å². The second kappa shape index (κ2) is 7.77. The molecule has 0 aromatic heterocycles. The van der Waals surface area contributed by atoms with Crippen LogP contribution in [0.2, 0.25) is 0 Å². The SMILES string of the molecule is Cc1ccc(COCC(O)CN2CCCC(C)C2)cc1. The predicted octanol–water partition coefficient (Wildman–Crippen LogP) is 2.60. The van der Waals surface area contributed by atoms with Crippen LogP contribution < -0.4 is 0 Å². The maximum atomic E-state index is 10.0. The number of β-amino-alcohol motifs (C(OH)–C–C–N with tert-alkyl or cyclic N) is 1. The first-order chi connectivity index (χ1) is 9.63. The number of rotatable bonds is 6. The first kappa shape index (κ1) is 15.5. The van der Waals surface area contributed by atoms with Crippen LogP contribution >= 0.6 is 0 Å². The van der Waals surface area contributed by atoms with E-state index in [1.165, 1.54) is 18.4 Å². The van der Waals surface area contributed by atoms with Crippen LogP contribution in [0, 0.1) is 12.8 Å². The Labute approximate surface area is 122 Å². The molecule has 1 heterocycles. The number of nitrogens with zero attached hydrogens (tertiary/aromatic N) is 1. The molecule has 1 aliphatic heterocycles. The van der Waals surface area contributed by atoms with E-state index >= 15 is 0 Å². The van der Waals surface area contributed by atoms with Gasteiger partial charge in [0.2, 0.25) is 0 Å². The Morgan fingerprint density at radius 1 is 1.35 bits per heavy atom. The zero-order chi connectivity index (χ0) is 14.4. The number of benzene rings is 1. The Bertz CT molecular complexity index is 390. The van der Waals surface area contributed by atoms with Gasteiger partial charge >= 0.3 is 0 Å². The van der Waals surface area contributed by atoms with Crippen molar-refractivity contribution < 1.29 is 9.84 Å². The largest absolute Gasteiger partial charge is 0.389 e. The van der Waals surface area contributed by atoms with Crippen molar-refractivity contribution >= 4 is 0 Å². The van der Waals surface area contributed by atoms with Crippen LogP contribution in [0.1, 0.15) is 30.9 Å².